The van der Waals surface area contributed by atoms with Gasteiger partial charge in [-0.25, -0.2) is 4.98 Å². The van der Waals surface area contributed by atoms with Gasteiger partial charge in [-0.3, -0.25) is 0 Å². The zero-order chi connectivity index (χ0) is 11.5. The first-order valence-corrected chi connectivity index (χ1v) is 6.57. The van der Waals surface area contributed by atoms with E-state index in [1.54, 1.807) is 0 Å². The number of nitrogens with one attached hydrogen (secondary N) is 1. The van der Waals surface area contributed by atoms with Crippen LogP contribution < -0.4 is 11.1 Å². The lowest BCUT2D eigenvalue weighted by Crippen LogP contribution is -2.18. The van der Waals surface area contributed by atoms with Crippen molar-refractivity contribution in [3.8, 4) is 0 Å². The van der Waals surface area contributed by atoms with Crippen molar-refractivity contribution >= 4 is 21.7 Å². The van der Waals surface area contributed by atoms with Crippen molar-refractivity contribution < 1.29 is 0 Å². The van der Waals surface area contributed by atoms with Crippen LogP contribution >= 0.6 is 15.9 Å². The van der Waals surface area contributed by atoms with Crippen molar-refractivity contribution in [2.75, 3.05) is 11.9 Å². The second-order valence-electron chi connectivity index (χ2n) is 4.58. The molecule has 1 heterocycles. The maximum atomic E-state index is 5.89. The maximum Gasteiger partial charge on any atom is 0.126 e. The molecule has 0 bridgehead atoms. The van der Waals surface area contributed by atoms with E-state index in [9.17, 15) is 0 Å². The number of nitrogens with two attached hydrogens (primary N) is 1. The molecule has 1 aromatic rings. The molecular formula is C12H18BrN3. The third-order valence-corrected chi connectivity index (χ3v) is 4.01. The predicted molar refractivity (Wildman–Crippen MR) is 70.5 cm³/mol. The number of nitrogens with zero attached hydrogens (tertiary/aromatic N) is 1. The van der Waals surface area contributed by atoms with E-state index in [1.165, 1.54) is 12.8 Å². The molecule has 0 saturated heterocycles. The first-order valence-electron chi connectivity index (χ1n) is 5.78. The molecule has 0 radical (unpaired) electrons. The highest BCUT2D eigenvalue weighted by atomic mass is 79.9. The van der Waals surface area contributed by atoms with E-state index in [4.69, 9.17) is 5.73 Å². The molecule has 3 nitrogen and oxygen atoms in total. The number of pyridine rings is 1. The Balaban J connectivity index is 1.87. The summed E-state index contributed by atoms with van der Waals surface area (Å²) in [6.07, 6.45) is 3.55. The molecule has 2 unspecified atom stereocenters. The van der Waals surface area contributed by atoms with E-state index in [0.29, 0.717) is 12.0 Å². The van der Waals surface area contributed by atoms with Gasteiger partial charge in [0, 0.05) is 17.1 Å². The van der Waals surface area contributed by atoms with Crippen molar-refractivity contribution in [1.82, 2.24) is 4.98 Å². The standard InChI is InChI=1S/C12H18BrN3/c1-8-11(13)4-5-12(16-8)15-7-9-2-3-10(14)6-9/h4-5,9-10H,2-3,6-7,14H2,1H3,(H,15,16). The monoisotopic (exact) mass is 283 g/mol. The average Bonchev–Trinajstić information content (AvgIpc) is 2.66. The summed E-state index contributed by atoms with van der Waals surface area (Å²) in [5.74, 6) is 1.67. The summed E-state index contributed by atoms with van der Waals surface area (Å²) >= 11 is 3.45. The quantitative estimate of drug-likeness (QED) is 0.897. The Morgan fingerprint density at radius 2 is 2.31 bits per heavy atom. The molecule has 0 aromatic carbocycles. The number of rotatable bonds is 3. The number of halogens is 1. The summed E-state index contributed by atoms with van der Waals surface area (Å²) in [5.41, 5.74) is 6.91. The molecule has 4 heteroatoms. The molecule has 0 amide bonds. The van der Waals surface area contributed by atoms with Crippen LogP contribution in [0.1, 0.15) is 25.0 Å². The molecular weight excluding hydrogens is 266 g/mol. The SMILES string of the molecule is Cc1nc(NCC2CCC(N)C2)ccc1Br. The Kier molecular flexibility index (Phi) is 3.82. The Hall–Kier alpha value is -0.610. The predicted octanol–water partition coefficient (Wildman–Crippen LogP) is 2.69. The number of aryl methyl sites for hydroxylation is 1. The van der Waals surface area contributed by atoms with Crippen LogP contribution in [-0.2, 0) is 0 Å². The van der Waals surface area contributed by atoms with Crippen LogP contribution in [0.25, 0.3) is 0 Å². The fourth-order valence-electron chi connectivity index (χ4n) is 2.19. The van der Waals surface area contributed by atoms with Gasteiger partial charge in [-0.2, -0.15) is 0 Å². The molecule has 1 saturated carbocycles. The van der Waals surface area contributed by atoms with Gasteiger partial charge in [-0.1, -0.05) is 0 Å². The van der Waals surface area contributed by atoms with Gasteiger partial charge in [0.2, 0.25) is 0 Å². The van der Waals surface area contributed by atoms with Crippen molar-refractivity contribution in [3.63, 3.8) is 0 Å². The largest absolute Gasteiger partial charge is 0.370 e. The summed E-state index contributed by atoms with van der Waals surface area (Å²) < 4.78 is 1.06. The van der Waals surface area contributed by atoms with Crippen molar-refractivity contribution in [3.05, 3.63) is 22.3 Å². The number of aromatic nitrogens is 1. The van der Waals surface area contributed by atoms with Crippen LogP contribution in [0.15, 0.2) is 16.6 Å². The van der Waals surface area contributed by atoms with Crippen LogP contribution in [0.3, 0.4) is 0 Å². The number of hydrogen-bond acceptors (Lipinski definition) is 3. The average molecular weight is 284 g/mol. The first-order chi connectivity index (χ1) is 7.65. The van der Waals surface area contributed by atoms with Gasteiger partial charge < -0.3 is 11.1 Å². The minimum atomic E-state index is 0.409. The highest BCUT2D eigenvalue weighted by Crippen LogP contribution is 2.24. The highest BCUT2D eigenvalue weighted by Gasteiger charge is 2.21. The Bertz CT molecular complexity index is 367. The molecule has 16 heavy (non-hydrogen) atoms. The smallest absolute Gasteiger partial charge is 0.126 e. The minimum Gasteiger partial charge on any atom is -0.370 e. The molecule has 1 aromatic heterocycles. The van der Waals surface area contributed by atoms with Crippen LogP contribution in [0.5, 0.6) is 0 Å². The molecule has 0 spiro atoms. The third kappa shape index (κ3) is 2.95. The van der Waals surface area contributed by atoms with E-state index in [1.807, 2.05) is 19.1 Å². The van der Waals surface area contributed by atoms with E-state index in [-0.39, 0.29) is 0 Å². The molecule has 1 fully saturated rings. The fourth-order valence-corrected chi connectivity index (χ4v) is 2.41. The summed E-state index contributed by atoms with van der Waals surface area (Å²) in [7, 11) is 0. The van der Waals surface area contributed by atoms with Crippen LogP contribution in [0.4, 0.5) is 5.82 Å². The van der Waals surface area contributed by atoms with Crippen LogP contribution in [-0.4, -0.2) is 17.6 Å². The molecule has 1 aliphatic carbocycles. The topological polar surface area (TPSA) is 50.9 Å². The third-order valence-electron chi connectivity index (χ3n) is 3.17. The molecule has 1 aliphatic rings. The molecule has 3 N–H and O–H groups in total. The van der Waals surface area contributed by atoms with Crippen molar-refractivity contribution in [2.45, 2.75) is 32.2 Å². The second-order valence-corrected chi connectivity index (χ2v) is 5.44. The van der Waals surface area contributed by atoms with E-state index in [2.05, 4.69) is 26.2 Å². The molecule has 0 aliphatic heterocycles. The van der Waals surface area contributed by atoms with Gasteiger partial charge in [0.25, 0.3) is 0 Å². The number of anilines is 1. The van der Waals surface area contributed by atoms with Crippen LogP contribution in [0, 0.1) is 12.8 Å². The lowest BCUT2D eigenvalue weighted by Gasteiger charge is -2.12. The summed E-state index contributed by atoms with van der Waals surface area (Å²) in [5, 5.41) is 3.39. The second kappa shape index (κ2) is 5.15. The molecule has 88 valence electrons. The lowest BCUT2D eigenvalue weighted by atomic mass is 10.1. The first kappa shape index (κ1) is 11.9. The Morgan fingerprint density at radius 3 is 2.94 bits per heavy atom. The van der Waals surface area contributed by atoms with Crippen LogP contribution in [0.2, 0.25) is 0 Å². The zero-order valence-corrected chi connectivity index (χ0v) is 11.1. The summed E-state index contributed by atoms with van der Waals surface area (Å²) in [4.78, 5) is 4.46. The minimum absolute atomic E-state index is 0.409. The fraction of sp³-hybridized carbons (Fsp3) is 0.583. The zero-order valence-electron chi connectivity index (χ0n) is 9.54. The number of hydrogen-bond donors (Lipinski definition) is 2. The normalized spacial score (nSPS) is 24.7. The van der Waals surface area contributed by atoms with Gasteiger partial charge in [0.05, 0.1) is 5.69 Å². The van der Waals surface area contributed by atoms with Gasteiger partial charge in [-0.05, 0) is 60.2 Å². The molecule has 2 rings (SSSR count). The van der Waals surface area contributed by atoms with Gasteiger partial charge in [0.15, 0.2) is 0 Å². The van der Waals surface area contributed by atoms with Gasteiger partial charge in [0.1, 0.15) is 5.82 Å². The van der Waals surface area contributed by atoms with Crippen molar-refractivity contribution in [1.29, 1.82) is 0 Å². The summed E-state index contributed by atoms with van der Waals surface area (Å²) in [6, 6.07) is 4.45. The maximum absolute atomic E-state index is 5.89. The Labute approximate surface area is 105 Å². The molecule has 2 atom stereocenters. The van der Waals surface area contributed by atoms with Crippen molar-refractivity contribution in [2.24, 2.45) is 11.7 Å². The lowest BCUT2D eigenvalue weighted by molar-refractivity contribution is 0.565. The van der Waals surface area contributed by atoms with E-state index < -0.39 is 0 Å². The van der Waals surface area contributed by atoms with E-state index >= 15 is 0 Å². The van der Waals surface area contributed by atoms with Gasteiger partial charge >= 0.3 is 0 Å². The Morgan fingerprint density at radius 1 is 1.50 bits per heavy atom. The van der Waals surface area contributed by atoms with Gasteiger partial charge in [-0.15, -0.1) is 0 Å². The van der Waals surface area contributed by atoms with E-state index in [0.717, 1.165) is 29.0 Å². The summed E-state index contributed by atoms with van der Waals surface area (Å²) in [6.45, 7) is 2.99. The highest BCUT2D eigenvalue weighted by molar-refractivity contribution is 9.10.